The zero-order valence-corrected chi connectivity index (χ0v) is 33.4. The number of methoxy groups -OCH3 is 2. The maximum absolute atomic E-state index is 14.4. The van der Waals surface area contributed by atoms with Gasteiger partial charge in [-0.15, -0.1) is 0 Å². The number of ether oxygens (including phenoxy) is 4. The van der Waals surface area contributed by atoms with Crippen molar-refractivity contribution in [1.82, 2.24) is 0 Å². The number of aryl methyl sites for hydroxylation is 1. The summed E-state index contributed by atoms with van der Waals surface area (Å²) >= 11 is 0. The topological polar surface area (TPSA) is 97.4 Å². The normalized spacial score (nSPS) is 20.7. The largest absolute Gasteiger partial charge is 0.496 e. The van der Waals surface area contributed by atoms with Crippen molar-refractivity contribution < 1.29 is 37.8 Å². The highest BCUT2D eigenvalue weighted by molar-refractivity contribution is 6.74. The molecule has 8 nitrogen and oxygen atoms in total. The molecule has 0 saturated carbocycles. The lowest BCUT2D eigenvalue weighted by molar-refractivity contribution is -0.188. The van der Waals surface area contributed by atoms with Gasteiger partial charge in [0.05, 0.1) is 38.1 Å². The Morgan fingerprint density at radius 2 is 1.65 bits per heavy atom. The fraction of sp³-hybridized carbons (Fsp3) is 0.465. The number of fused-ring (bicyclic) bond motifs is 4. The predicted molar refractivity (Wildman–Crippen MR) is 207 cm³/mol. The van der Waals surface area contributed by atoms with Crippen LogP contribution < -0.4 is 9.47 Å². The Bertz CT molecular complexity index is 1900. The first-order valence-electron chi connectivity index (χ1n) is 18.4. The first kappa shape index (κ1) is 39.2. The summed E-state index contributed by atoms with van der Waals surface area (Å²) in [5.74, 6) is -0.194. The number of unbranched alkanes of at least 4 members (excludes halogenated alkanes) is 3. The van der Waals surface area contributed by atoms with E-state index in [0.717, 1.165) is 30.2 Å². The number of allylic oxidation sites excluding steroid dienone is 3. The molecule has 1 fully saturated rings. The van der Waals surface area contributed by atoms with E-state index in [2.05, 4.69) is 46.9 Å². The van der Waals surface area contributed by atoms with E-state index in [1.807, 2.05) is 44.2 Å². The summed E-state index contributed by atoms with van der Waals surface area (Å²) in [7, 11) is 0.720. The average Bonchev–Trinajstić information content (AvgIpc) is 3.09. The number of carbonyl (C=O) groups is 3. The van der Waals surface area contributed by atoms with Crippen LogP contribution in [-0.2, 0) is 18.7 Å². The predicted octanol–water partition coefficient (Wildman–Crippen LogP) is 9.79. The summed E-state index contributed by atoms with van der Waals surface area (Å²) < 4.78 is 31.3. The molecule has 3 aromatic carbocycles. The smallest absolute Gasteiger partial charge is 0.331 e. The van der Waals surface area contributed by atoms with E-state index in [4.69, 9.17) is 23.4 Å². The van der Waals surface area contributed by atoms with Gasteiger partial charge in [0.25, 0.3) is 0 Å². The van der Waals surface area contributed by atoms with Crippen molar-refractivity contribution in [2.24, 2.45) is 0 Å². The summed E-state index contributed by atoms with van der Waals surface area (Å²) in [5.41, 5.74) is 2.73. The summed E-state index contributed by atoms with van der Waals surface area (Å²) in [6.45, 7) is 16.9. The molecular formula is C43H54O8Si. The van der Waals surface area contributed by atoms with Crippen molar-refractivity contribution in [3.05, 3.63) is 94.1 Å². The lowest BCUT2D eigenvalue weighted by atomic mass is 9.79. The van der Waals surface area contributed by atoms with Gasteiger partial charge < -0.3 is 23.4 Å². The lowest BCUT2D eigenvalue weighted by Gasteiger charge is -2.46. The van der Waals surface area contributed by atoms with Crippen LogP contribution in [0.3, 0.4) is 0 Å². The first-order chi connectivity index (χ1) is 24.6. The number of rotatable bonds is 12. The van der Waals surface area contributed by atoms with Crippen LogP contribution in [0.25, 0.3) is 10.8 Å². The van der Waals surface area contributed by atoms with E-state index in [1.165, 1.54) is 19.6 Å². The van der Waals surface area contributed by atoms with Gasteiger partial charge in [0, 0.05) is 40.1 Å². The van der Waals surface area contributed by atoms with Crippen LogP contribution in [0.1, 0.15) is 116 Å². The van der Waals surface area contributed by atoms with Gasteiger partial charge in [-0.2, -0.15) is 0 Å². The lowest BCUT2D eigenvalue weighted by Crippen LogP contribution is -2.54. The summed E-state index contributed by atoms with van der Waals surface area (Å²) in [4.78, 5) is 41.7. The zero-order chi connectivity index (χ0) is 38.0. The molecule has 1 aliphatic carbocycles. The number of benzene rings is 3. The minimum atomic E-state index is -2.35. The molecular weight excluding hydrogens is 673 g/mol. The van der Waals surface area contributed by atoms with E-state index in [9.17, 15) is 14.4 Å². The van der Waals surface area contributed by atoms with Crippen LogP contribution in [0.5, 0.6) is 11.5 Å². The van der Waals surface area contributed by atoms with Gasteiger partial charge in [0.2, 0.25) is 0 Å². The van der Waals surface area contributed by atoms with Crippen molar-refractivity contribution in [2.75, 3.05) is 14.2 Å². The molecule has 0 aromatic heterocycles. The molecule has 278 valence electrons. The molecule has 0 bridgehead atoms. The van der Waals surface area contributed by atoms with E-state index in [0.29, 0.717) is 40.0 Å². The van der Waals surface area contributed by atoms with Crippen LogP contribution >= 0.6 is 0 Å². The van der Waals surface area contributed by atoms with Crippen molar-refractivity contribution in [3.63, 3.8) is 0 Å². The van der Waals surface area contributed by atoms with E-state index >= 15 is 0 Å². The van der Waals surface area contributed by atoms with Crippen LogP contribution in [0.2, 0.25) is 18.1 Å². The molecule has 3 aromatic rings. The molecule has 1 aliphatic heterocycles. The minimum absolute atomic E-state index is 0.101. The van der Waals surface area contributed by atoms with Crippen LogP contribution in [0.4, 0.5) is 0 Å². The van der Waals surface area contributed by atoms with Crippen molar-refractivity contribution >= 4 is 36.6 Å². The van der Waals surface area contributed by atoms with Crippen molar-refractivity contribution in [3.8, 4) is 11.5 Å². The maximum Gasteiger partial charge on any atom is 0.331 e. The highest BCUT2D eigenvalue weighted by Gasteiger charge is 2.47. The van der Waals surface area contributed by atoms with Gasteiger partial charge in [-0.1, -0.05) is 77.0 Å². The number of ketones is 2. The van der Waals surface area contributed by atoms with Gasteiger partial charge in [-0.25, -0.2) is 4.79 Å². The third-order valence-corrected chi connectivity index (χ3v) is 15.2. The molecule has 4 atom stereocenters. The Balaban J connectivity index is 1.49. The second kappa shape index (κ2) is 15.9. The number of hydrogen-bond acceptors (Lipinski definition) is 8. The Morgan fingerprint density at radius 1 is 0.962 bits per heavy atom. The molecule has 9 heteroatoms. The van der Waals surface area contributed by atoms with Crippen molar-refractivity contribution in [2.45, 2.75) is 116 Å². The Morgan fingerprint density at radius 3 is 2.33 bits per heavy atom. The maximum atomic E-state index is 14.4. The molecule has 5 rings (SSSR count). The monoisotopic (exact) mass is 726 g/mol. The van der Waals surface area contributed by atoms with E-state index < -0.39 is 38.7 Å². The quantitative estimate of drug-likeness (QED) is 0.0468. The Hall–Kier alpha value is -4.05. The molecule has 2 aliphatic rings. The second-order valence-electron chi connectivity index (χ2n) is 15.5. The molecule has 0 radical (unpaired) electrons. The molecule has 0 amide bonds. The third-order valence-electron chi connectivity index (χ3n) is 10.7. The summed E-state index contributed by atoms with van der Waals surface area (Å²) in [6.07, 6.45) is 9.60. The van der Waals surface area contributed by atoms with Crippen LogP contribution in [-0.4, -0.2) is 58.4 Å². The number of hydrogen-bond donors (Lipinski definition) is 0. The molecule has 0 spiro atoms. The van der Waals surface area contributed by atoms with Crippen LogP contribution in [0, 0.1) is 6.92 Å². The average molecular weight is 727 g/mol. The second-order valence-corrected chi connectivity index (χ2v) is 20.2. The van der Waals surface area contributed by atoms with E-state index in [1.54, 1.807) is 25.3 Å². The minimum Gasteiger partial charge on any atom is -0.496 e. The number of carbonyl (C=O) groups excluding carboxylic acids is 3. The summed E-state index contributed by atoms with van der Waals surface area (Å²) in [6, 6.07) is 10.9. The van der Waals surface area contributed by atoms with Gasteiger partial charge in [0.15, 0.2) is 26.0 Å². The highest BCUT2D eigenvalue weighted by Crippen LogP contribution is 2.47. The van der Waals surface area contributed by atoms with Gasteiger partial charge in [-0.05, 0) is 74.0 Å². The first-order valence-corrected chi connectivity index (χ1v) is 21.3. The Kier molecular flexibility index (Phi) is 12.0. The molecule has 0 N–H and O–H groups in total. The fourth-order valence-electron chi connectivity index (χ4n) is 6.99. The number of esters is 1. The molecule has 1 saturated heterocycles. The zero-order valence-electron chi connectivity index (χ0n) is 32.4. The highest BCUT2D eigenvalue weighted by atomic mass is 28.4. The molecule has 0 unspecified atom stereocenters. The van der Waals surface area contributed by atoms with Gasteiger partial charge in [0.1, 0.15) is 11.5 Å². The third kappa shape index (κ3) is 7.82. The van der Waals surface area contributed by atoms with E-state index in [-0.39, 0.29) is 27.7 Å². The SMILES string of the molecule is CCCCC/C=C/C=C/C(=O)O[C@@H]1[C@@H](C)O[C@@H](c2ccc3c(c2OC)C(=O)c2ccc4cc(C)cc(OC)c4c2C3=O)C[C@H]1O[Si](C)(C)C(C)(C)C. The fourth-order valence-corrected chi connectivity index (χ4v) is 8.33. The molecule has 1 heterocycles. The standard InChI is InChI=1S/C43H54O8Si/c1-11-12-13-14-15-16-17-18-35(44)50-41-27(3)49-32(25-34(41)51-52(9,10)43(4,5)6)29-21-22-31-38(42(29)48-8)40(46)30-20-19-28-23-26(2)24-33(47-7)36(28)37(30)39(31)45/h15-24,27,32,34,41H,11-14,25H2,1-10H3/b16-15+,18-17+/t27-,32-,34-,41-/m1/s1. The van der Waals surface area contributed by atoms with Gasteiger partial charge in [-0.3, -0.25) is 9.59 Å². The van der Waals surface area contributed by atoms with Crippen molar-refractivity contribution in [1.29, 1.82) is 0 Å². The summed E-state index contributed by atoms with van der Waals surface area (Å²) in [5, 5.41) is 1.34. The van der Waals surface area contributed by atoms with Crippen LogP contribution in [0.15, 0.2) is 60.7 Å². The molecule has 52 heavy (non-hydrogen) atoms. The Labute approximate surface area is 309 Å². The van der Waals surface area contributed by atoms with Gasteiger partial charge >= 0.3 is 5.97 Å².